The summed E-state index contributed by atoms with van der Waals surface area (Å²) in [7, 11) is 0. The maximum Gasteiger partial charge on any atom is 0.230 e. The number of benzene rings is 1. The third-order valence-corrected chi connectivity index (χ3v) is 3.66. The van der Waals surface area contributed by atoms with E-state index in [0.29, 0.717) is 28.1 Å². The van der Waals surface area contributed by atoms with Crippen LogP contribution in [0.3, 0.4) is 0 Å². The second kappa shape index (κ2) is 5.74. The Balaban J connectivity index is 1.75. The SMILES string of the molecule is O=C(CSCc1ccc(Cl)cc1F)NC1CC1. The minimum absolute atomic E-state index is 0.0341. The number of amides is 1. The van der Waals surface area contributed by atoms with Crippen LogP contribution >= 0.6 is 23.4 Å². The van der Waals surface area contributed by atoms with Crippen LogP contribution in [0.2, 0.25) is 5.02 Å². The molecule has 1 aromatic carbocycles. The van der Waals surface area contributed by atoms with E-state index < -0.39 is 0 Å². The number of carbonyl (C=O) groups is 1. The first kappa shape index (κ1) is 12.7. The van der Waals surface area contributed by atoms with Crippen molar-refractivity contribution < 1.29 is 9.18 Å². The molecule has 0 saturated heterocycles. The monoisotopic (exact) mass is 273 g/mol. The minimum atomic E-state index is -0.312. The lowest BCUT2D eigenvalue weighted by Crippen LogP contribution is -2.27. The maximum atomic E-state index is 13.4. The van der Waals surface area contributed by atoms with E-state index >= 15 is 0 Å². The highest BCUT2D eigenvalue weighted by Crippen LogP contribution is 2.21. The van der Waals surface area contributed by atoms with E-state index in [-0.39, 0.29) is 11.7 Å². The van der Waals surface area contributed by atoms with Crippen LogP contribution in [0.1, 0.15) is 18.4 Å². The summed E-state index contributed by atoms with van der Waals surface area (Å²) in [5.41, 5.74) is 0.582. The Hall–Kier alpha value is -0.740. The summed E-state index contributed by atoms with van der Waals surface area (Å²) in [6.07, 6.45) is 2.17. The van der Waals surface area contributed by atoms with Crippen LogP contribution in [0.5, 0.6) is 0 Å². The molecule has 1 aliphatic rings. The summed E-state index contributed by atoms with van der Waals surface area (Å²) in [5, 5.41) is 3.28. The standard InChI is InChI=1S/C12H13ClFNOS/c13-9-2-1-8(11(14)5-9)6-17-7-12(16)15-10-3-4-10/h1-2,5,10H,3-4,6-7H2,(H,15,16). The van der Waals surface area contributed by atoms with E-state index in [2.05, 4.69) is 5.32 Å². The van der Waals surface area contributed by atoms with Crippen LogP contribution in [-0.2, 0) is 10.5 Å². The third kappa shape index (κ3) is 4.21. The highest BCUT2D eigenvalue weighted by Gasteiger charge is 2.22. The first-order valence-electron chi connectivity index (χ1n) is 5.46. The molecule has 0 bridgehead atoms. The van der Waals surface area contributed by atoms with Gasteiger partial charge in [-0.3, -0.25) is 4.79 Å². The van der Waals surface area contributed by atoms with Gasteiger partial charge in [0, 0.05) is 16.8 Å². The third-order valence-electron chi connectivity index (χ3n) is 2.45. The Morgan fingerprint density at radius 1 is 1.53 bits per heavy atom. The zero-order chi connectivity index (χ0) is 12.3. The van der Waals surface area contributed by atoms with Gasteiger partial charge in [-0.05, 0) is 30.5 Å². The molecular weight excluding hydrogens is 261 g/mol. The molecule has 2 rings (SSSR count). The van der Waals surface area contributed by atoms with E-state index in [1.807, 2.05) is 0 Å². The van der Waals surface area contributed by atoms with Crippen molar-refractivity contribution >= 4 is 29.3 Å². The van der Waals surface area contributed by atoms with Gasteiger partial charge in [0.2, 0.25) is 5.91 Å². The molecule has 0 aromatic heterocycles. The van der Waals surface area contributed by atoms with E-state index in [9.17, 15) is 9.18 Å². The van der Waals surface area contributed by atoms with Crippen molar-refractivity contribution in [2.45, 2.75) is 24.6 Å². The number of nitrogens with one attached hydrogen (secondary N) is 1. The normalized spacial score (nSPS) is 14.7. The van der Waals surface area contributed by atoms with Crippen LogP contribution < -0.4 is 5.32 Å². The molecule has 17 heavy (non-hydrogen) atoms. The zero-order valence-corrected chi connectivity index (χ0v) is 10.8. The van der Waals surface area contributed by atoms with Gasteiger partial charge in [-0.1, -0.05) is 17.7 Å². The van der Waals surface area contributed by atoms with Crippen molar-refractivity contribution in [2.75, 3.05) is 5.75 Å². The van der Waals surface area contributed by atoms with Crippen molar-refractivity contribution in [3.63, 3.8) is 0 Å². The number of carbonyl (C=O) groups excluding carboxylic acids is 1. The first-order chi connectivity index (χ1) is 8.15. The molecule has 1 amide bonds. The summed E-state index contributed by atoms with van der Waals surface area (Å²) < 4.78 is 13.4. The number of hydrogen-bond acceptors (Lipinski definition) is 2. The predicted molar refractivity (Wildman–Crippen MR) is 68.7 cm³/mol. The molecular formula is C12H13ClFNOS. The Bertz CT molecular complexity index is 423. The van der Waals surface area contributed by atoms with Gasteiger partial charge in [-0.2, -0.15) is 0 Å². The van der Waals surface area contributed by atoms with Gasteiger partial charge in [0.1, 0.15) is 5.82 Å². The quantitative estimate of drug-likeness (QED) is 0.894. The van der Waals surface area contributed by atoms with Crippen LogP contribution in [0, 0.1) is 5.82 Å². The fourth-order valence-corrected chi connectivity index (χ4v) is 2.37. The summed E-state index contributed by atoms with van der Waals surface area (Å²) in [5.74, 6) is 0.583. The highest BCUT2D eigenvalue weighted by atomic mass is 35.5. The highest BCUT2D eigenvalue weighted by molar-refractivity contribution is 7.99. The molecule has 1 saturated carbocycles. The van der Waals surface area contributed by atoms with Gasteiger partial charge in [-0.15, -0.1) is 11.8 Å². The molecule has 1 N–H and O–H groups in total. The summed E-state index contributed by atoms with van der Waals surface area (Å²) in [6, 6.07) is 4.99. The smallest absolute Gasteiger partial charge is 0.230 e. The molecule has 1 aliphatic carbocycles. The molecule has 92 valence electrons. The molecule has 0 spiro atoms. The maximum absolute atomic E-state index is 13.4. The Morgan fingerprint density at radius 3 is 2.94 bits per heavy atom. The lowest BCUT2D eigenvalue weighted by molar-refractivity contribution is -0.118. The fourth-order valence-electron chi connectivity index (χ4n) is 1.39. The predicted octanol–water partition coefficient (Wildman–Crippen LogP) is 2.99. The Morgan fingerprint density at radius 2 is 2.29 bits per heavy atom. The summed E-state index contributed by atoms with van der Waals surface area (Å²) in [4.78, 5) is 11.4. The van der Waals surface area contributed by atoms with Gasteiger partial charge >= 0.3 is 0 Å². The van der Waals surface area contributed by atoms with E-state index in [1.165, 1.54) is 17.8 Å². The van der Waals surface area contributed by atoms with E-state index in [1.54, 1.807) is 12.1 Å². The first-order valence-corrected chi connectivity index (χ1v) is 6.99. The molecule has 5 heteroatoms. The van der Waals surface area contributed by atoms with Crippen molar-refractivity contribution in [3.05, 3.63) is 34.6 Å². The molecule has 1 aromatic rings. The molecule has 1 fully saturated rings. The lowest BCUT2D eigenvalue weighted by Gasteiger charge is -2.04. The van der Waals surface area contributed by atoms with Crippen LogP contribution in [-0.4, -0.2) is 17.7 Å². The Labute approximate surface area is 109 Å². The Kier molecular flexibility index (Phi) is 4.29. The van der Waals surface area contributed by atoms with E-state index in [4.69, 9.17) is 11.6 Å². The summed E-state index contributed by atoms with van der Waals surface area (Å²) >= 11 is 7.06. The van der Waals surface area contributed by atoms with Crippen LogP contribution in [0.4, 0.5) is 4.39 Å². The minimum Gasteiger partial charge on any atom is -0.353 e. The van der Waals surface area contributed by atoms with Crippen molar-refractivity contribution in [1.82, 2.24) is 5.32 Å². The number of hydrogen-bond donors (Lipinski definition) is 1. The average Bonchev–Trinajstić information content (AvgIpc) is 3.05. The fraction of sp³-hybridized carbons (Fsp3) is 0.417. The molecule has 0 unspecified atom stereocenters. The largest absolute Gasteiger partial charge is 0.353 e. The molecule has 0 heterocycles. The number of rotatable bonds is 5. The molecule has 0 aliphatic heterocycles. The zero-order valence-electron chi connectivity index (χ0n) is 9.21. The average molecular weight is 274 g/mol. The molecule has 0 atom stereocenters. The summed E-state index contributed by atoms with van der Waals surface area (Å²) in [6.45, 7) is 0. The number of thioether (sulfide) groups is 1. The lowest BCUT2D eigenvalue weighted by atomic mass is 10.2. The second-order valence-electron chi connectivity index (χ2n) is 4.07. The molecule has 2 nitrogen and oxygen atoms in total. The van der Waals surface area contributed by atoms with Gasteiger partial charge < -0.3 is 5.32 Å². The van der Waals surface area contributed by atoms with E-state index in [0.717, 1.165) is 12.8 Å². The van der Waals surface area contributed by atoms with Gasteiger partial charge in [-0.25, -0.2) is 4.39 Å². The van der Waals surface area contributed by atoms with Crippen LogP contribution in [0.25, 0.3) is 0 Å². The van der Waals surface area contributed by atoms with Crippen molar-refractivity contribution in [1.29, 1.82) is 0 Å². The van der Waals surface area contributed by atoms with Crippen molar-refractivity contribution in [3.8, 4) is 0 Å². The van der Waals surface area contributed by atoms with Gasteiger partial charge in [0.25, 0.3) is 0 Å². The van der Waals surface area contributed by atoms with Gasteiger partial charge in [0.05, 0.1) is 5.75 Å². The topological polar surface area (TPSA) is 29.1 Å². The number of halogens is 2. The second-order valence-corrected chi connectivity index (χ2v) is 5.49. The molecule has 0 radical (unpaired) electrons. The van der Waals surface area contributed by atoms with Crippen LogP contribution in [0.15, 0.2) is 18.2 Å². The van der Waals surface area contributed by atoms with Crippen molar-refractivity contribution in [2.24, 2.45) is 0 Å². The van der Waals surface area contributed by atoms with Gasteiger partial charge in [0.15, 0.2) is 0 Å².